The van der Waals surface area contributed by atoms with Crippen molar-refractivity contribution in [1.82, 2.24) is 4.98 Å². The van der Waals surface area contributed by atoms with Crippen molar-refractivity contribution in [3.63, 3.8) is 0 Å². The summed E-state index contributed by atoms with van der Waals surface area (Å²) in [6.07, 6.45) is 2.96. The monoisotopic (exact) mass is 319 g/mol. The molecule has 0 spiro atoms. The van der Waals surface area contributed by atoms with Gasteiger partial charge in [-0.1, -0.05) is 12.1 Å². The van der Waals surface area contributed by atoms with Gasteiger partial charge in [-0.25, -0.2) is 4.98 Å². The highest BCUT2D eigenvalue weighted by atomic mass is 32.2. The van der Waals surface area contributed by atoms with Crippen molar-refractivity contribution in [2.45, 2.75) is 5.75 Å². The van der Waals surface area contributed by atoms with Crippen LogP contribution in [0.25, 0.3) is 0 Å². The van der Waals surface area contributed by atoms with Gasteiger partial charge in [0.2, 0.25) is 0 Å². The molecule has 0 fully saturated rings. The van der Waals surface area contributed by atoms with Crippen LogP contribution in [0.5, 0.6) is 5.75 Å². The van der Waals surface area contributed by atoms with E-state index in [1.807, 2.05) is 18.4 Å². The Labute approximate surface area is 130 Å². The standard InChI is InChI=1S/C14H13N3O4S/c1-22-8-9-2-4-10(5-3-9)14(19)16-13-12(18)6-11(7-15-13)17(20)21/h2-7,18H,8H2,1H3,(H,15,16,19). The van der Waals surface area contributed by atoms with E-state index in [0.717, 1.165) is 23.6 Å². The van der Waals surface area contributed by atoms with Gasteiger partial charge in [0.05, 0.1) is 11.0 Å². The average Bonchev–Trinajstić information content (AvgIpc) is 2.50. The van der Waals surface area contributed by atoms with Crippen LogP contribution in [0.1, 0.15) is 15.9 Å². The number of hydrogen-bond acceptors (Lipinski definition) is 6. The fourth-order valence-electron chi connectivity index (χ4n) is 1.74. The molecule has 0 aliphatic carbocycles. The highest BCUT2D eigenvalue weighted by Crippen LogP contribution is 2.25. The summed E-state index contributed by atoms with van der Waals surface area (Å²) in [5.41, 5.74) is 1.15. The van der Waals surface area contributed by atoms with Crippen LogP contribution in [0.2, 0.25) is 0 Å². The maximum absolute atomic E-state index is 12.1. The molecule has 0 saturated carbocycles. The maximum Gasteiger partial charge on any atom is 0.291 e. The number of benzene rings is 1. The van der Waals surface area contributed by atoms with Crippen LogP contribution in [0.4, 0.5) is 11.5 Å². The molecule has 22 heavy (non-hydrogen) atoms. The Morgan fingerprint density at radius 2 is 2.09 bits per heavy atom. The Kier molecular flexibility index (Phi) is 4.95. The number of nitrogens with one attached hydrogen (secondary N) is 1. The van der Waals surface area contributed by atoms with E-state index in [-0.39, 0.29) is 11.5 Å². The largest absolute Gasteiger partial charge is 0.504 e. The van der Waals surface area contributed by atoms with Gasteiger partial charge >= 0.3 is 0 Å². The summed E-state index contributed by atoms with van der Waals surface area (Å²) >= 11 is 1.68. The summed E-state index contributed by atoms with van der Waals surface area (Å²) in [6.45, 7) is 0. The Morgan fingerprint density at radius 1 is 1.41 bits per heavy atom. The van der Waals surface area contributed by atoms with Gasteiger partial charge in [-0.05, 0) is 24.0 Å². The molecule has 0 saturated heterocycles. The lowest BCUT2D eigenvalue weighted by Gasteiger charge is -2.06. The minimum atomic E-state index is -0.678. The molecule has 0 aliphatic heterocycles. The molecule has 1 amide bonds. The van der Waals surface area contributed by atoms with E-state index in [0.29, 0.717) is 5.56 Å². The molecule has 0 bridgehead atoms. The SMILES string of the molecule is CSCc1ccc(C(=O)Nc2ncc([N+](=O)[O-])cc2O)cc1. The number of thioether (sulfide) groups is 1. The van der Waals surface area contributed by atoms with Gasteiger partial charge in [-0.2, -0.15) is 11.8 Å². The number of pyridine rings is 1. The first-order valence-corrected chi connectivity index (χ1v) is 7.63. The normalized spacial score (nSPS) is 10.2. The van der Waals surface area contributed by atoms with E-state index < -0.39 is 16.6 Å². The summed E-state index contributed by atoms with van der Waals surface area (Å²) in [5, 5.41) is 22.6. The van der Waals surface area contributed by atoms with Gasteiger partial charge in [0.25, 0.3) is 11.6 Å². The summed E-state index contributed by atoms with van der Waals surface area (Å²) < 4.78 is 0. The summed E-state index contributed by atoms with van der Waals surface area (Å²) in [7, 11) is 0. The molecule has 1 heterocycles. The van der Waals surface area contributed by atoms with Crippen molar-refractivity contribution in [3.8, 4) is 5.75 Å². The first-order valence-electron chi connectivity index (χ1n) is 6.24. The molecule has 0 radical (unpaired) electrons. The van der Waals surface area contributed by atoms with Crippen molar-refractivity contribution >= 4 is 29.2 Å². The molecule has 0 atom stereocenters. The van der Waals surface area contributed by atoms with Crippen LogP contribution < -0.4 is 5.32 Å². The highest BCUT2D eigenvalue weighted by molar-refractivity contribution is 7.97. The van der Waals surface area contributed by atoms with Crippen LogP contribution in [0, 0.1) is 10.1 Å². The topological polar surface area (TPSA) is 105 Å². The minimum absolute atomic E-state index is 0.121. The molecular weight excluding hydrogens is 306 g/mol. The van der Waals surface area contributed by atoms with Crippen LogP contribution in [0.15, 0.2) is 36.5 Å². The number of nitrogens with zero attached hydrogens (tertiary/aromatic N) is 2. The van der Waals surface area contributed by atoms with Crippen LogP contribution in [-0.4, -0.2) is 27.2 Å². The molecule has 114 valence electrons. The first kappa shape index (κ1) is 15.8. The predicted molar refractivity (Wildman–Crippen MR) is 84.2 cm³/mol. The smallest absolute Gasteiger partial charge is 0.291 e. The third-order valence-electron chi connectivity index (χ3n) is 2.82. The fraction of sp³-hybridized carbons (Fsp3) is 0.143. The van der Waals surface area contributed by atoms with E-state index in [1.165, 1.54) is 0 Å². The van der Waals surface area contributed by atoms with Gasteiger partial charge in [-0.3, -0.25) is 14.9 Å². The number of aromatic hydroxyl groups is 1. The van der Waals surface area contributed by atoms with E-state index in [9.17, 15) is 20.0 Å². The number of carbonyl (C=O) groups is 1. The van der Waals surface area contributed by atoms with E-state index in [4.69, 9.17) is 0 Å². The predicted octanol–water partition coefficient (Wildman–Crippen LogP) is 2.81. The number of carbonyl (C=O) groups excluding carboxylic acids is 1. The van der Waals surface area contributed by atoms with Crippen molar-refractivity contribution in [3.05, 3.63) is 57.8 Å². The second-order valence-corrected chi connectivity index (χ2v) is 5.27. The number of nitro groups is 1. The Bertz CT molecular complexity index is 704. The molecule has 8 heteroatoms. The van der Waals surface area contributed by atoms with Crippen molar-refractivity contribution in [2.24, 2.45) is 0 Å². The Balaban J connectivity index is 2.13. The molecule has 2 rings (SSSR count). The molecule has 2 N–H and O–H groups in total. The minimum Gasteiger partial charge on any atom is -0.504 e. The number of anilines is 1. The van der Waals surface area contributed by atoms with Gasteiger partial charge < -0.3 is 10.4 Å². The van der Waals surface area contributed by atoms with Crippen LogP contribution in [-0.2, 0) is 5.75 Å². The zero-order chi connectivity index (χ0) is 16.1. The molecular formula is C14H13N3O4S. The van der Waals surface area contributed by atoms with E-state index >= 15 is 0 Å². The second kappa shape index (κ2) is 6.90. The zero-order valence-corrected chi connectivity index (χ0v) is 12.5. The summed E-state index contributed by atoms with van der Waals surface area (Å²) in [4.78, 5) is 25.6. The van der Waals surface area contributed by atoms with Crippen molar-refractivity contribution in [1.29, 1.82) is 0 Å². The van der Waals surface area contributed by atoms with E-state index in [1.54, 1.807) is 23.9 Å². The van der Waals surface area contributed by atoms with Crippen molar-refractivity contribution < 1.29 is 14.8 Å². The Hall–Kier alpha value is -2.61. The lowest BCUT2D eigenvalue weighted by molar-refractivity contribution is -0.385. The quantitative estimate of drug-likeness (QED) is 0.648. The van der Waals surface area contributed by atoms with Gasteiger partial charge in [0.1, 0.15) is 6.20 Å². The van der Waals surface area contributed by atoms with Gasteiger partial charge in [0, 0.05) is 11.3 Å². The summed E-state index contributed by atoms with van der Waals surface area (Å²) in [6, 6.07) is 7.96. The third-order valence-corrected chi connectivity index (χ3v) is 3.45. The first-order chi connectivity index (χ1) is 10.5. The molecule has 1 aromatic carbocycles. The number of aromatic nitrogens is 1. The lowest BCUT2D eigenvalue weighted by atomic mass is 10.1. The van der Waals surface area contributed by atoms with Crippen LogP contribution in [0.3, 0.4) is 0 Å². The number of rotatable bonds is 5. The Morgan fingerprint density at radius 3 is 2.64 bits per heavy atom. The van der Waals surface area contributed by atoms with E-state index in [2.05, 4.69) is 10.3 Å². The lowest BCUT2D eigenvalue weighted by Crippen LogP contribution is -2.13. The average molecular weight is 319 g/mol. The molecule has 2 aromatic rings. The second-order valence-electron chi connectivity index (χ2n) is 4.40. The van der Waals surface area contributed by atoms with Crippen molar-refractivity contribution in [2.75, 3.05) is 11.6 Å². The molecule has 0 unspecified atom stereocenters. The number of amides is 1. The fourth-order valence-corrected chi connectivity index (χ4v) is 2.26. The van der Waals surface area contributed by atoms with Gasteiger partial charge in [-0.15, -0.1) is 0 Å². The molecule has 7 nitrogen and oxygen atoms in total. The zero-order valence-electron chi connectivity index (χ0n) is 11.6. The molecule has 1 aromatic heterocycles. The summed E-state index contributed by atoms with van der Waals surface area (Å²) in [5.74, 6) is -0.176. The van der Waals surface area contributed by atoms with Crippen LogP contribution >= 0.6 is 11.8 Å². The molecule has 0 aliphatic rings. The maximum atomic E-state index is 12.1. The number of hydrogen-bond donors (Lipinski definition) is 2. The van der Waals surface area contributed by atoms with Gasteiger partial charge in [0.15, 0.2) is 11.6 Å². The highest BCUT2D eigenvalue weighted by Gasteiger charge is 2.14. The third kappa shape index (κ3) is 3.73.